The predicted octanol–water partition coefficient (Wildman–Crippen LogP) is 2.47. The summed E-state index contributed by atoms with van der Waals surface area (Å²) in [6.07, 6.45) is 0.432. The highest BCUT2D eigenvalue weighted by Crippen LogP contribution is 2.22. The molecule has 0 heterocycles. The summed E-state index contributed by atoms with van der Waals surface area (Å²) in [6.45, 7) is 4.32. The van der Waals surface area contributed by atoms with Crippen molar-refractivity contribution in [1.29, 1.82) is 0 Å². The van der Waals surface area contributed by atoms with Crippen molar-refractivity contribution in [1.82, 2.24) is 9.21 Å². The highest BCUT2D eigenvalue weighted by Gasteiger charge is 2.27. The number of carbonyl (C=O) groups excluding carboxylic acids is 2. The summed E-state index contributed by atoms with van der Waals surface area (Å²) in [5.74, 6) is -1.62. The highest BCUT2D eigenvalue weighted by molar-refractivity contribution is 7.89. The third kappa shape index (κ3) is 5.89. The summed E-state index contributed by atoms with van der Waals surface area (Å²) < 4.78 is 40.0. The van der Waals surface area contributed by atoms with Crippen molar-refractivity contribution in [2.24, 2.45) is 5.73 Å². The van der Waals surface area contributed by atoms with Crippen molar-refractivity contribution in [2.75, 3.05) is 20.1 Å². The molecule has 1 atom stereocenters. The number of carbonyl (C=O) groups is 2. The van der Waals surface area contributed by atoms with Crippen LogP contribution in [0.3, 0.4) is 0 Å². The van der Waals surface area contributed by atoms with E-state index in [0.29, 0.717) is 25.1 Å². The zero-order valence-electron chi connectivity index (χ0n) is 17.9. The second kappa shape index (κ2) is 10.5. The first-order valence-electron chi connectivity index (χ1n) is 10.0. The van der Waals surface area contributed by atoms with E-state index in [2.05, 4.69) is 0 Å². The molecule has 0 fully saturated rings. The first-order valence-corrected chi connectivity index (χ1v) is 11.4. The van der Waals surface area contributed by atoms with Gasteiger partial charge in [0.2, 0.25) is 21.8 Å². The van der Waals surface area contributed by atoms with Crippen molar-refractivity contribution in [3.05, 3.63) is 65.5 Å². The van der Waals surface area contributed by atoms with E-state index in [1.165, 1.54) is 52.7 Å². The summed E-state index contributed by atoms with van der Waals surface area (Å²) in [5.41, 5.74) is 6.53. The lowest BCUT2D eigenvalue weighted by atomic mass is 10.0. The van der Waals surface area contributed by atoms with Gasteiger partial charge in [-0.15, -0.1) is 0 Å². The van der Waals surface area contributed by atoms with Crippen LogP contribution in [0.2, 0.25) is 0 Å². The molecule has 0 saturated heterocycles. The van der Waals surface area contributed by atoms with E-state index in [1.807, 2.05) is 0 Å². The van der Waals surface area contributed by atoms with Crippen molar-refractivity contribution in [3.8, 4) is 0 Å². The Morgan fingerprint density at radius 3 is 2.19 bits per heavy atom. The SMILES string of the molecule is CCN(CC)S(=O)(=O)c1ccc(CCC(=O)N(C)C(C(N)=O)c2cccc(F)c2)cc1. The summed E-state index contributed by atoms with van der Waals surface area (Å²) in [6, 6.07) is 10.7. The summed E-state index contributed by atoms with van der Waals surface area (Å²) in [4.78, 5) is 26.0. The molecule has 7 nitrogen and oxygen atoms in total. The minimum atomic E-state index is -3.54. The third-order valence-electron chi connectivity index (χ3n) is 5.11. The number of amides is 2. The number of hydrogen-bond acceptors (Lipinski definition) is 4. The second-order valence-corrected chi connectivity index (χ2v) is 9.04. The fourth-order valence-corrected chi connectivity index (χ4v) is 4.83. The van der Waals surface area contributed by atoms with Gasteiger partial charge in [-0.2, -0.15) is 4.31 Å². The fourth-order valence-electron chi connectivity index (χ4n) is 3.37. The van der Waals surface area contributed by atoms with Crippen LogP contribution in [0.25, 0.3) is 0 Å². The van der Waals surface area contributed by atoms with E-state index in [-0.39, 0.29) is 17.2 Å². The van der Waals surface area contributed by atoms with Crippen LogP contribution < -0.4 is 5.73 Å². The van der Waals surface area contributed by atoms with Crippen LogP contribution in [-0.4, -0.2) is 49.6 Å². The predicted molar refractivity (Wildman–Crippen MR) is 116 cm³/mol. The number of nitrogens with zero attached hydrogens (tertiary/aromatic N) is 2. The van der Waals surface area contributed by atoms with E-state index >= 15 is 0 Å². The topological polar surface area (TPSA) is 101 Å². The van der Waals surface area contributed by atoms with Crippen LogP contribution in [0.4, 0.5) is 4.39 Å². The maximum absolute atomic E-state index is 13.5. The number of benzene rings is 2. The molecule has 0 bridgehead atoms. The Kier molecular flexibility index (Phi) is 8.29. The quantitative estimate of drug-likeness (QED) is 0.602. The van der Waals surface area contributed by atoms with E-state index < -0.39 is 27.8 Å². The number of halogens is 1. The average Bonchev–Trinajstić information content (AvgIpc) is 2.73. The van der Waals surface area contributed by atoms with Crippen LogP contribution in [0.1, 0.15) is 37.4 Å². The third-order valence-corrected chi connectivity index (χ3v) is 7.17. The van der Waals surface area contributed by atoms with Crippen LogP contribution in [0.15, 0.2) is 53.4 Å². The van der Waals surface area contributed by atoms with E-state index in [4.69, 9.17) is 5.73 Å². The molecule has 31 heavy (non-hydrogen) atoms. The zero-order chi connectivity index (χ0) is 23.2. The number of sulfonamides is 1. The maximum atomic E-state index is 13.5. The van der Waals surface area contributed by atoms with Crippen LogP contribution in [0, 0.1) is 5.82 Å². The molecule has 0 aliphatic carbocycles. The monoisotopic (exact) mass is 449 g/mol. The van der Waals surface area contributed by atoms with Gasteiger partial charge in [0.25, 0.3) is 0 Å². The van der Waals surface area contributed by atoms with Crippen molar-refractivity contribution >= 4 is 21.8 Å². The van der Waals surface area contributed by atoms with E-state index in [1.54, 1.807) is 26.0 Å². The Hall–Kier alpha value is -2.78. The van der Waals surface area contributed by atoms with Gasteiger partial charge in [0, 0.05) is 26.6 Å². The number of aryl methyl sites for hydroxylation is 1. The molecule has 2 aromatic carbocycles. The molecule has 2 aromatic rings. The average molecular weight is 450 g/mol. The summed E-state index contributed by atoms with van der Waals surface area (Å²) in [7, 11) is -2.09. The summed E-state index contributed by atoms with van der Waals surface area (Å²) >= 11 is 0. The van der Waals surface area contributed by atoms with Crippen molar-refractivity contribution in [2.45, 2.75) is 37.6 Å². The molecular formula is C22H28FN3O4S. The Labute approximate surface area is 182 Å². The Morgan fingerprint density at radius 1 is 1.06 bits per heavy atom. The minimum absolute atomic E-state index is 0.0811. The molecule has 0 aliphatic rings. The lowest BCUT2D eigenvalue weighted by Crippen LogP contribution is -2.39. The smallest absolute Gasteiger partial charge is 0.244 e. The fraction of sp³-hybridized carbons (Fsp3) is 0.364. The minimum Gasteiger partial charge on any atom is -0.368 e. The van der Waals surface area contributed by atoms with Crippen LogP contribution in [0.5, 0.6) is 0 Å². The summed E-state index contributed by atoms with van der Waals surface area (Å²) in [5, 5.41) is 0. The van der Waals surface area contributed by atoms with Gasteiger partial charge in [0.05, 0.1) is 4.90 Å². The molecule has 2 rings (SSSR count). The standard InChI is InChI=1S/C22H28FN3O4S/c1-4-26(5-2)31(29,30)19-12-9-16(10-13-19)11-14-20(27)25(3)21(22(24)28)17-7-6-8-18(23)15-17/h6-10,12-13,15,21H,4-5,11,14H2,1-3H3,(H2,24,28). The van der Waals surface area contributed by atoms with Crippen molar-refractivity contribution < 1.29 is 22.4 Å². The maximum Gasteiger partial charge on any atom is 0.244 e. The molecule has 0 radical (unpaired) electrons. The van der Waals surface area contributed by atoms with Gasteiger partial charge in [-0.1, -0.05) is 38.1 Å². The van der Waals surface area contributed by atoms with Crippen molar-refractivity contribution in [3.63, 3.8) is 0 Å². The zero-order valence-corrected chi connectivity index (χ0v) is 18.7. The number of rotatable bonds is 10. The number of primary amides is 1. The molecule has 2 N–H and O–H groups in total. The van der Waals surface area contributed by atoms with Crippen LogP contribution in [-0.2, 0) is 26.0 Å². The molecule has 1 unspecified atom stereocenters. The molecule has 168 valence electrons. The number of hydrogen-bond donors (Lipinski definition) is 1. The molecular weight excluding hydrogens is 421 g/mol. The van der Waals surface area contributed by atoms with Gasteiger partial charge in [0.15, 0.2) is 0 Å². The van der Waals surface area contributed by atoms with Gasteiger partial charge in [0.1, 0.15) is 11.9 Å². The van der Waals surface area contributed by atoms with Gasteiger partial charge in [-0.05, 0) is 41.8 Å². The first-order chi connectivity index (χ1) is 14.6. The van der Waals surface area contributed by atoms with Gasteiger partial charge in [-0.3, -0.25) is 9.59 Å². The lowest BCUT2D eigenvalue weighted by Gasteiger charge is -2.26. The molecule has 0 aromatic heterocycles. The lowest BCUT2D eigenvalue weighted by molar-refractivity contribution is -0.138. The Morgan fingerprint density at radius 2 is 1.68 bits per heavy atom. The van der Waals surface area contributed by atoms with Crippen LogP contribution >= 0.6 is 0 Å². The first kappa shape index (κ1) is 24.5. The molecule has 0 aliphatic heterocycles. The van der Waals surface area contributed by atoms with E-state index in [0.717, 1.165) is 5.56 Å². The molecule has 9 heteroatoms. The Balaban J connectivity index is 2.08. The second-order valence-electron chi connectivity index (χ2n) is 7.10. The van der Waals surface area contributed by atoms with E-state index in [9.17, 15) is 22.4 Å². The van der Waals surface area contributed by atoms with Gasteiger partial charge < -0.3 is 10.6 Å². The van der Waals surface area contributed by atoms with Gasteiger partial charge >= 0.3 is 0 Å². The molecule has 0 spiro atoms. The molecule has 2 amide bonds. The van der Waals surface area contributed by atoms with Gasteiger partial charge in [-0.25, -0.2) is 12.8 Å². The Bertz CT molecular complexity index is 1020. The normalized spacial score (nSPS) is 12.5. The highest BCUT2D eigenvalue weighted by atomic mass is 32.2. The largest absolute Gasteiger partial charge is 0.368 e. The molecule has 0 saturated carbocycles. The number of likely N-dealkylation sites (N-methyl/N-ethyl adjacent to an activating group) is 1. The number of nitrogens with two attached hydrogens (primary N) is 1.